The molecule has 15 heavy (non-hydrogen) atoms. The van der Waals surface area contributed by atoms with Crippen molar-refractivity contribution in [1.29, 1.82) is 5.26 Å². The van der Waals surface area contributed by atoms with Crippen LogP contribution in [0.1, 0.15) is 5.56 Å². The van der Waals surface area contributed by atoms with Gasteiger partial charge in [-0.3, -0.25) is 0 Å². The Hall–Kier alpha value is -1.38. The smallest absolute Gasteiger partial charge is 0.188 e. The Morgan fingerprint density at radius 2 is 2.33 bits per heavy atom. The van der Waals surface area contributed by atoms with Crippen molar-refractivity contribution in [3.8, 4) is 6.07 Å². The van der Waals surface area contributed by atoms with Crippen molar-refractivity contribution in [2.24, 2.45) is 0 Å². The molecule has 1 aromatic heterocycles. The van der Waals surface area contributed by atoms with E-state index in [2.05, 4.69) is 32.3 Å². The highest BCUT2D eigenvalue weighted by molar-refractivity contribution is 9.10. The van der Waals surface area contributed by atoms with E-state index in [1.165, 1.54) is 11.3 Å². The van der Waals surface area contributed by atoms with Gasteiger partial charge in [0.2, 0.25) is 0 Å². The monoisotopic (exact) mass is 279 g/mol. The van der Waals surface area contributed by atoms with Crippen LogP contribution >= 0.6 is 27.3 Å². The summed E-state index contributed by atoms with van der Waals surface area (Å²) in [5.74, 6) is 0. The Morgan fingerprint density at radius 3 is 3.00 bits per heavy atom. The molecule has 0 aliphatic heterocycles. The number of hydrogen-bond acceptors (Lipinski definition) is 4. The van der Waals surface area contributed by atoms with Gasteiger partial charge in [-0.2, -0.15) is 5.26 Å². The Bertz CT molecular complexity index is 515. The molecule has 0 radical (unpaired) electrons. The van der Waals surface area contributed by atoms with Gasteiger partial charge < -0.3 is 5.32 Å². The fourth-order valence-corrected chi connectivity index (χ4v) is 2.27. The molecular formula is C10H6BrN3S. The third-order valence-electron chi connectivity index (χ3n) is 1.72. The minimum atomic E-state index is 0.635. The first-order valence-electron chi connectivity index (χ1n) is 4.16. The molecule has 1 N–H and O–H groups in total. The molecule has 0 aliphatic rings. The molecule has 0 saturated carbocycles. The summed E-state index contributed by atoms with van der Waals surface area (Å²) in [4.78, 5) is 4.20. The van der Waals surface area contributed by atoms with Crippen LogP contribution in [0.4, 0.5) is 10.8 Å². The zero-order valence-corrected chi connectivity index (χ0v) is 9.97. The van der Waals surface area contributed by atoms with Gasteiger partial charge in [0.15, 0.2) is 5.13 Å². The normalized spacial score (nSPS) is 9.60. The van der Waals surface area contributed by atoms with Crippen molar-refractivity contribution in [2.45, 2.75) is 0 Å². The van der Waals surface area contributed by atoms with E-state index in [4.69, 9.17) is 5.26 Å². The first-order valence-corrected chi connectivity index (χ1v) is 5.83. The second-order valence-electron chi connectivity index (χ2n) is 2.79. The molecule has 74 valence electrons. The number of benzene rings is 1. The molecule has 2 aromatic rings. The van der Waals surface area contributed by atoms with E-state index in [1.807, 2.05) is 17.5 Å². The van der Waals surface area contributed by atoms with Gasteiger partial charge in [0, 0.05) is 11.1 Å². The number of nitrogens with zero attached hydrogens (tertiary/aromatic N) is 2. The Labute approximate surface area is 99.5 Å². The number of rotatable bonds is 2. The summed E-state index contributed by atoms with van der Waals surface area (Å²) in [6.07, 6.45) is 0. The van der Waals surface area contributed by atoms with Crippen molar-refractivity contribution >= 4 is 38.1 Å². The second kappa shape index (κ2) is 4.43. The van der Waals surface area contributed by atoms with E-state index < -0.39 is 0 Å². The molecule has 0 saturated heterocycles. The van der Waals surface area contributed by atoms with Gasteiger partial charge in [-0.15, -0.1) is 11.3 Å². The first kappa shape index (κ1) is 10.1. The lowest BCUT2D eigenvalue weighted by Gasteiger charge is -2.01. The van der Waals surface area contributed by atoms with Gasteiger partial charge in [0.1, 0.15) is 4.60 Å². The summed E-state index contributed by atoms with van der Waals surface area (Å²) in [6, 6.07) is 9.38. The van der Waals surface area contributed by atoms with Crippen molar-refractivity contribution in [3.05, 3.63) is 39.8 Å². The quantitative estimate of drug-likeness (QED) is 0.915. The molecular weight excluding hydrogens is 274 g/mol. The largest absolute Gasteiger partial charge is 0.331 e. The van der Waals surface area contributed by atoms with E-state index in [1.54, 1.807) is 12.1 Å². The van der Waals surface area contributed by atoms with Gasteiger partial charge in [0.05, 0.1) is 11.6 Å². The highest BCUT2D eigenvalue weighted by Crippen LogP contribution is 2.23. The van der Waals surface area contributed by atoms with E-state index in [9.17, 15) is 0 Å². The van der Waals surface area contributed by atoms with Crippen LogP contribution in [0, 0.1) is 11.3 Å². The lowest BCUT2D eigenvalue weighted by molar-refractivity contribution is 1.34. The van der Waals surface area contributed by atoms with Gasteiger partial charge in [0.25, 0.3) is 0 Å². The van der Waals surface area contributed by atoms with Gasteiger partial charge in [-0.1, -0.05) is 6.07 Å². The third kappa shape index (κ3) is 2.55. The molecule has 5 heteroatoms. The van der Waals surface area contributed by atoms with Gasteiger partial charge in [-0.05, 0) is 34.1 Å². The summed E-state index contributed by atoms with van der Waals surface area (Å²) in [5, 5.41) is 14.6. The lowest BCUT2D eigenvalue weighted by atomic mass is 10.2. The standard InChI is InChI=1S/C10H6BrN3S/c11-9-6-15-10(14-9)13-8-3-1-2-7(4-8)5-12/h1-4,6H,(H,13,14). The number of halogens is 1. The van der Waals surface area contributed by atoms with Crippen LogP contribution in [0.3, 0.4) is 0 Å². The number of aromatic nitrogens is 1. The predicted octanol–water partition coefficient (Wildman–Crippen LogP) is 3.52. The number of hydrogen-bond donors (Lipinski definition) is 1. The van der Waals surface area contributed by atoms with Crippen LogP contribution < -0.4 is 5.32 Å². The average Bonchev–Trinajstić information content (AvgIpc) is 2.64. The minimum absolute atomic E-state index is 0.635. The van der Waals surface area contributed by atoms with E-state index in [-0.39, 0.29) is 0 Å². The highest BCUT2D eigenvalue weighted by Gasteiger charge is 2.00. The Kier molecular flexibility index (Phi) is 2.99. The Morgan fingerprint density at radius 1 is 1.47 bits per heavy atom. The zero-order valence-electron chi connectivity index (χ0n) is 7.57. The highest BCUT2D eigenvalue weighted by atomic mass is 79.9. The fraction of sp³-hybridized carbons (Fsp3) is 0. The number of nitrogens with one attached hydrogen (secondary N) is 1. The fourth-order valence-electron chi connectivity index (χ4n) is 1.10. The Balaban J connectivity index is 2.21. The first-order chi connectivity index (χ1) is 7.28. The molecule has 0 spiro atoms. The minimum Gasteiger partial charge on any atom is -0.331 e. The molecule has 1 aromatic carbocycles. The van der Waals surface area contributed by atoms with Crippen LogP contribution in [0.2, 0.25) is 0 Å². The van der Waals surface area contributed by atoms with Crippen LogP contribution in [-0.2, 0) is 0 Å². The molecule has 0 unspecified atom stereocenters. The summed E-state index contributed by atoms with van der Waals surface area (Å²) in [7, 11) is 0. The summed E-state index contributed by atoms with van der Waals surface area (Å²) >= 11 is 4.79. The third-order valence-corrected chi connectivity index (χ3v) is 3.19. The van der Waals surface area contributed by atoms with Crippen molar-refractivity contribution in [3.63, 3.8) is 0 Å². The maximum absolute atomic E-state index is 8.73. The maximum Gasteiger partial charge on any atom is 0.188 e. The number of nitriles is 1. The summed E-state index contributed by atoms with van der Waals surface area (Å²) in [5.41, 5.74) is 1.51. The van der Waals surface area contributed by atoms with Crippen LogP contribution in [0.25, 0.3) is 0 Å². The van der Waals surface area contributed by atoms with Crippen LogP contribution in [-0.4, -0.2) is 4.98 Å². The van der Waals surface area contributed by atoms with Crippen molar-refractivity contribution in [1.82, 2.24) is 4.98 Å². The zero-order chi connectivity index (χ0) is 10.7. The molecule has 1 heterocycles. The molecule has 3 nitrogen and oxygen atoms in total. The van der Waals surface area contributed by atoms with E-state index >= 15 is 0 Å². The molecule has 0 fully saturated rings. The predicted molar refractivity (Wildman–Crippen MR) is 64.3 cm³/mol. The van der Waals surface area contributed by atoms with E-state index in [0.29, 0.717) is 5.56 Å². The van der Waals surface area contributed by atoms with E-state index in [0.717, 1.165) is 15.4 Å². The molecule has 0 bridgehead atoms. The van der Waals surface area contributed by atoms with Gasteiger partial charge >= 0.3 is 0 Å². The number of anilines is 2. The lowest BCUT2D eigenvalue weighted by Crippen LogP contribution is -1.89. The maximum atomic E-state index is 8.73. The molecule has 0 atom stereocenters. The molecule has 0 amide bonds. The summed E-state index contributed by atoms with van der Waals surface area (Å²) < 4.78 is 0.812. The van der Waals surface area contributed by atoms with Crippen LogP contribution in [0.5, 0.6) is 0 Å². The average molecular weight is 280 g/mol. The van der Waals surface area contributed by atoms with Gasteiger partial charge in [-0.25, -0.2) is 4.98 Å². The van der Waals surface area contributed by atoms with Crippen molar-refractivity contribution < 1.29 is 0 Å². The second-order valence-corrected chi connectivity index (χ2v) is 4.46. The van der Waals surface area contributed by atoms with Crippen LogP contribution in [0.15, 0.2) is 34.2 Å². The van der Waals surface area contributed by atoms with Crippen molar-refractivity contribution in [2.75, 3.05) is 5.32 Å². The molecule has 2 rings (SSSR count). The number of thiazole rings is 1. The molecule has 0 aliphatic carbocycles. The topological polar surface area (TPSA) is 48.7 Å². The summed E-state index contributed by atoms with van der Waals surface area (Å²) in [6.45, 7) is 0. The SMILES string of the molecule is N#Cc1cccc(Nc2nc(Br)cs2)c1.